The van der Waals surface area contributed by atoms with Crippen LogP contribution in [-0.4, -0.2) is 13.2 Å². The second-order valence-electron chi connectivity index (χ2n) is 5.33. The Bertz CT molecular complexity index is 458. The van der Waals surface area contributed by atoms with Crippen molar-refractivity contribution in [2.75, 3.05) is 12.4 Å². The number of benzene rings is 1. The molecular formula is C16H22N2O. The Morgan fingerprint density at radius 3 is 2.68 bits per heavy atom. The lowest BCUT2D eigenvalue weighted by molar-refractivity contribution is 0.327. The molecule has 1 N–H and O–H groups in total. The summed E-state index contributed by atoms with van der Waals surface area (Å²) in [7, 11) is 1.65. The highest BCUT2D eigenvalue weighted by Crippen LogP contribution is 2.32. The van der Waals surface area contributed by atoms with E-state index >= 15 is 0 Å². The number of nitrogens with one attached hydrogen (secondary N) is 1. The summed E-state index contributed by atoms with van der Waals surface area (Å²) >= 11 is 0. The summed E-state index contributed by atoms with van der Waals surface area (Å²) in [5.74, 6) is 1.45. The molecule has 0 amide bonds. The molecule has 0 spiro atoms. The minimum absolute atomic E-state index is 0.378. The summed E-state index contributed by atoms with van der Waals surface area (Å²) in [6, 6.07) is 8.20. The van der Waals surface area contributed by atoms with Crippen molar-refractivity contribution < 1.29 is 4.74 Å². The van der Waals surface area contributed by atoms with E-state index in [9.17, 15) is 5.26 Å². The third-order valence-corrected chi connectivity index (χ3v) is 4.10. The van der Waals surface area contributed by atoms with Gasteiger partial charge in [-0.1, -0.05) is 25.3 Å². The molecule has 1 atom stereocenters. The van der Waals surface area contributed by atoms with Crippen molar-refractivity contribution in [2.24, 2.45) is 5.92 Å². The van der Waals surface area contributed by atoms with E-state index in [1.807, 2.05) is 18.2 Å². The third kappa shape index (κ3) is 3.20. The summed E-state index contributed by atoms with van der Waals surface area (Å²) in [6.07, 6.45) is 6.58. The second-order valence-corrected chi connectivity index (χ2v) is 5.33. The van der Waals surface area contributed by atoms with E-state index in [4.69, 9.17) is 4.74 Å². The van der Waals surface area contributed by atoms with Crippen molar-refractivity contribution in [2.45, 2.75) is 45.1 Å². The number of methoxy groups -OCH3 is 1. The smallest absolute Gasteiger partial charge is 0.143 e. The zero-order valence-corrected chi connectivity index (χ0v) is 11.8. The maximum absolute atomic E-state index is 9.22. The van der Waals surface area contributed by atoms with Crippen LogP contribution in [0.5, 0.6) is 5.75 Å². The molecule has 1 aromatic carbocycles. The van der Waals surface area contributed by atoms with Gasteiger partial charge in [0.05, 0.1) is 18.4 Å². The number of nitriles is 1. The van der Waals surface area contributed by atoms with Gasteiger partial charge < -0.3 is 10.1 Å². The van der Waals surface area contributed by atoms with E-state index in [2.05, 4.69) is 18.3 Å². The Hall–Kier alpha value is -1.69. The lowest BCUT2D eigenvalue weighted by Crippen LogP contribution is -2.28. The van der Waals surface area contributed by atoms with Gasteiger partial charge in [0, 0.05) is 6.04 Å². The monoisotopic (exact) mass is 258 g/mol. The second kappa shape index (κ2) is 6.47. The maximum Gasteiger partial charge on any atom is 0.143 e. The van der Waals surface area contributed by atoms with E-state index in [1.54, 1.807) is 7.11 Å². The molecule has 3 nitrogen and oxygen atoms in total. The molecule has 1 aliphatic rings. The van der Waals surface area contributed by atoms with Crippen molar-refractivity contribution in [1.29, 1.82) is 5.26 Å². The number of rotatable bonds is 4. The average Bonchev–Trinajstić information content (AvgIpc) is 2.48. The van der Waals surface area contributed by atoms with E-state index in [0.29, 0.717) is 17.5 Å². The highest BCUT2D eigenvalue weighted by atomic mass is 16.5. The fourth-order valence-electron chi connectivity index (χ4n) is 2.92. The number of anilines is 1. The highest BCUT2D eigenvalue weighted by molar-refractivity contribution is 5.66. The van der Waals surface area contributed by atoms with Gasteiger partial charge in [-0.15, -0.1) is 0 Å². The molecule has 0 saturated heterocycles. The molecule has 1 aliphatic carbocycles. The van der Waals surface area contributed by atoms with E-state index in [1.165, 1.54) is 32.1 Å². The van der Waals surface area contributed by atoms with Crippen LogP contribution in [0.25, 0.3) is 0 Å². The SMILES string of the molecule is COc1cccc(C#N)c1NC(C)C1CCCCC1. The third-order valence-electron chi connectivity index (χ3n) is 4.10. The van der Waals surface area contributed by atoms with Crippen LogP contribution in [0.2, 0.25) is 0 Å². The van der Waals surface area contributed by atoms with Gasteiger partial charge in [-0.2, -0.15) is 5.26 Å². The van der Waals surface area contributed by atoms with Crippen molar-refractivity contribution >= 4 is 5.69 Å². The van der Waals surface area contributed by atoms with Gasteiger partial charge in [0.15, 0.2) is 0 Å². The normalized spacial score (nSPS) is 17.5. The molecule has 1 aromatic rings. The zero-order valence-electron chi connectivity index (χ0n) is 11.8. The van der Waals surface area contributed by atoms with Gasteiger partial charge in [-0.25, -0.2) is 0 Å². The van der Waals surface area contributed by atoms with Crippen molar-refractivity contribution in [3.05, 3.63) is 23.8 Å². The quantitative estimate of drug-likeness (QED) is 0.889. The molecule has 1 unspecified atom stereocenters. The molecule has 0 aromatic heterocycles. The van der Waals surface area contributed by atoms with E-state index < -0.39 is 0 Å². The van der Waals surface area contributed by atoms with Crippen LogP contribution in [0.3, 0.4) is 0 Å². The summed E-state index contributed by atoms with van der Waals surface area (Å²) in [6.45, 7) is 2.21. The van der Waals surface area contributed by atoms with Crippen molar-refractivity contribution in [1.82, 2.24) is 0 Å². The largest absolute Gasteiger partial charge is 0.495 e. The molecule has 0 aliphatic heterocycles. The van der Waals surface area contributed by atoms with E-state index in [-0.39, 0.29) is 0 Å². The van der Waals surface area contributed by atoms with Crippen LogP contribution in [-0.2, 0) is 0 Å². The Morgan fingerprint density at radius 1 is 1.32 bits per heavy atom. The first kappa shape index (κ1) is 13.7. The van der Waals surface area contributed by atoms with Crippen LogP contribution >= 0.6 is 0 Å². The maximum atomic E-state index is 9.22. The van der Waals surface area contributed by atoms with Gasteiger partial charge in [0.25, 0.3) is 0 Å². The van der Waals surface area contributed by atoms with Crippen LogP contribution in [0.15, 0.2) is 18.2 Å². The topological polar surface area (TPSA) is 45.0 Å². The number of ether oxygens (including phenoxy) is 1. The van der Waals surface area contributed by atoms with Gasteiger partial charge in [0.2, 0.25) is 0 Å². The number of nitrogens with zero attached hydrogens (tertiary/aromatic N) is 1. The summed E-state index contributed by atoms with van der Waals surface area (Å²) < 4.78 is 5.36. The molecular weight excluding hydrogens is 236 g/mol. The predicted molar refractivity (Wildman–Crippen MR) is 77.4 cm³/mol. The molecule has 0 radical (unpaired) electrons. The molecule has 102 valence electrons. The van der Waals surface area contributed by atoms with Gasteiger partial charge >= 0.3 is 0 Å². The first-order valence-corrected chi connectivity index (χ1v) is 7.10. The Balaban J connectivity index is 2.15. The first-order chi connectivity index (χ1) is 9.26. The lowest BCUT2D eigenvalue weighted by atomic mass is 9.84. The summed E-state index contributed by atoms with van der Waals surface area (Å²) in [4.78, 5) is 0. The molecule has 1 saturated carbocycles. The Kier molecular flexibility index (Phi) is 4.68. The predicted octanol–water partition coefficient (Wildman–Crippen LogP) is 3.95. The molecule has 0 bridgehead atoms. The zero-order chi connectivity index (χ0) is 13.7. The Labute approximate surface area is 115 Å². The number of hydrogen-bond acceptors (Lipinski definition) is 3. The fraction of sp³-hybridized carbons (Fsp3) is 0.562. The fourth-order valence-corrected chi connectivity index (χ4v) is 2.92. The van der Waals surface area contributed by atoms with Crippen molar-refractivity contribution in [3.63, 3.8) is 0 Å². The van der Waals surface area contributed by atoms with Crippen LogP contribution in [0.1, 0.15) is 44.6 Å². The summed E-state index contributed by atoms with van der Waals surface area (Å²) in [5, 5.41) is 12.7. The number of hydrogen-bond donors (Lipinski definition) is 1. The van der Waals surface area contributed by atoms with E-state index in [0.717, 1.165) is 11.4 Å². The minimum atomic E-state index is 0.378. The van der Waals surface area contributed by atoms with Crippen LogP contribution in [0.4, 0.5) is 5.69 Å². The standard InChI is InChI=1S/C16H22N2O/c1-12(13-7-4-3-5-8-13)18-16-14(11-17)9-6-10-15(16)19-2/h6,9-10,12-13,18H,3-5,7-8H2,1-2H3. The highest BCUT2D eigenvalue weighted by Gasteiger charge is 2.21. The van der Waals surface area contributed by atoms with Gasteiger partial charge in [-0.3, -0.25) is 0 Å². The molecule has 0 heterocycles. The van der Waals surface area contributed by atoms with Crippen molar-refractivity contribution in [3.8, 4) is 11.8 Å². The first-order valence-electron chi connectivity index (χ1n) is 7.10. The van der Waals surface area contributed by atoms with Crippen LogP contribution in [0, 0.1) is 17.2 Å². The molecule has 2 rings (SSSR count). The van der Waals surface area contributed by atoms with Gasteiger partial charge in [-0.05, 0) is 37.8 Å². The summed E-state index contributed by atoms with van der Waals surface area (Å²) in [5.41, 5.74) is 1.49. The molecule has 3 heteroatoms. The minimum Gasteiger partial charge on any atom is -0.495 e. The average molecular weight is 258 g/mol. The molecule has 19 heavy (non-hydrogen) atoms. The Morgan fingerprint density at radius 2 is 2.05 bits per heavy atom. The van der Waals surface area contributed by atoms with Gasteiger partial charge in [0.1, 0.15) is 11.8 Å². The molecule has 1 fully saturated rings. The number of para-hydroxylation sites is 1. The van der Waals surface area contributed by atoms with Crippen LogP contribution < -0.4 is 10.1 Å². The lowest BCUT2D eigenvalue weighted by Gasteiger charge is -2.29.